The highest BCUT2D eigenvalue weighted by Crippen LogP contribution is 2.07. The van der Waals surface area contributed by atoms with Crippen molar-refractivity contribution in [2.24, 2.45) is 0 Å². The largest absolute Gasteiger partial charge is 0.466 e. The maximum atomic E-state index is 10.5. The van der Waals surface area contributed by atoms with E-state index >= 15 is 0 Å². The Kier molecular flexibility index (Phi) is 13.6. The van der Waals surface area contributed by atoms with Crippen molar-refractivity contribution in [3.05, 3.63) is 12.2 Å². The van der Waals surface area contributed by atoms with E-state index < -0.39 is 0 Å². The van der Waals surface area contributed by atoms with Crippen LogP contribution in [0.2, 0.25) is 0 Å². The number of rotatable bonds is 12. The van der Waals surface area contributed by atoms with Crippen LogP contribution < -0.4 is 0 Å². The molecule has 0 unspecified atom stereocenters. The third kappa shape index (κ3) is 15.2. The van der Waals surface area contributed by atoms with Crippen LogP contribution in [0.15, 0.2) is 12.2 Å². The topological polar surface area (TPSA) is 26.3 Å². The Hall–Kier alpha value is -0.790. The van der Waals surface area contributed by atoms with E-state index in [0.29, 0.717) is 6.61 Å². The third-order valence-electron chi connectivity index (χ3n) is 2.96. The van der Waals surface area contributed by atoms with Gasteiger partial charge in [-0.15, -0.1) is 0 Å². The summed E-state index contributed by atoms with van der Waals surface area (Å²) < 4.78 is 4.87. The number of ether oxygens (including phenoxy) is 1. The average molecular weight is 254 g/mol. The molecule has 0 atom stereocenters. The minimum absolute atomic E-state index is 0.173. The van der Waals surface area contributed by atoms with E-state index in [1.807, 2.05) is 0 Å². The maximum Gasteiger partial charge on any atom is 0.302 e. The molecule has 0 aromatic rings. The van der Waals surface area contributed by atoms with Gasteiger partial charge in [-0.1, -0.05) is 51.2 Å². The molecule has 18 heavy (non-hydrogen) atoms. The molecule has 0 radical (unpaired) electrons. The molecule has 0 bridgehead atoms. The van der Waals surface area contributed by atoms with Gasteiger partial charge in [-0.2, -0.15) is 0 Å². The maximum absolute atomic E-state index is 10.5. The molecule has 0 heterocycles. The summed E-state index contributed by atoms with van der Waals surface area (Å²) in [6, 6.07) is 0. The predicted molar refractivity (Wildman–Crippen MR) is 77.6 cm³/mol. The second-order valence-corrected chi connectivity index (χ2v) is 4.86. The number of unbranched alkanes of at least 4 members (excludes halogenated alkanes) is 8. The molecule has 0 N–H and O–H groups in total. The van der Waals surface area contributed by atoms with Crippen LogP contribution in [-0.2, 0) is 9.53 Å². The monoisotopic (exact) mass is 254 g/mol. The van der Waals surface area contributed by atoms with Gasteiger partial charge in [0, 0.05) is 6.92 Å². The molecule has 0 amide bonds. The van der Waals surface area contributed by atoms with E-state index in [-0.39, 0.29) is 5.97 Å². The number of carbonyl (C=O) groups excluding carboxylic acids is 1. The van der Waals surface area contributed by atoms with Gasteiger partial charge in [0.05, 0.1) is 6.61 Å². The van der Waals surface area contributed by atoms with Gasteiger partial charge >= 0.3 is 5.97 Å². The van der Waals surface area contributed by atoms with E-state index in [0.717, 1.165) is 19.3 Å². The second kappa shape index (κ2) is 14.3. The van der Waals surface area contributed by atoms with Crippen molar-refractivity contribution in [2.75, 3.05) is 6.61 Å². The zero-order valence-corrected chi connectivity index (χ0v) is 12.2. The number of allylic oxidation sites excluding steroid dienone is 2. The summed E-state index contributed by atoms with van der Waals surface area (Å²) in [6.07, 6.45) is 17.2. The van der Waals surface area contributed by atoms with Crippen LogP contribution in [0.1, 0.15) is 78.1 Å². The Morgan fingerprint density at radius 1 is 0.889 bits per heavy atom. The highest BCUT2D eigenvalue weighted by molar-refractivity contribution is 5.65. The Bertz CT molecular complexity index is 209. The van der Waals surface area contributed by atoms with E-state index in [9.17, 15) is 4.79 Å². The van der Waals surface area contributed by atoms with Gasteiger partial charge in [-0.25, -0.2) is 0 Å². The summed E-state index contributed by atoms with van der Waals surface area (Å²) in [4.78, 5) is 10.5. The molecule has 0 fully saturated rings. The van der Waals surface area contributed by atoms with Crippen LogP contribution >= 0.6 is 0 Å². The van der Waals surface area contributed by atoms with Crippen molar-refractivity contribution in [1.29, 1.82) is 0 Å². The predicted octanol–water partition coefficient (Wildman–Crippen LogP) is 5.03. The molecule has 0 saturated heterocycles. The van der Waals surface area contributed by atoms with Gasteiger partial charge in [-0.05, 0) is 32.1 Å². The van der Waals surface area contributed by atoms with Crippen molar-refractivity contribution in [3.8, 4) is 0 Å². The number of hydrogen-bond acceptors (Lipinski definition) is 2. The van der Waals surface area contributed by atoms with E-state index in [1.165, 1.54) is 51.9 Å². The minimum Gasteiger partial charge on any atom is -0.466 e. The van der Waals surface area contributed by atoms with Gasteiger partial charge in [0.1, 0.15) is 0 Å². The van der Waals surface area contributed by atoms with E-state index in [2.05, 4.69) is 19.1 Å². The van der Waals surface area contributed by atoms with Crippen LogP contribution in [0.5, 0.6) is 0 Å². The number of esters is 1. The first kappa shape index (κ1) is 17.2. The standard InChI is InChI=1S/C16H30O2/c1-3-4-5-6-7-8-9-10-11-12-13-14-15-18-16(2)17/h10-11H,3-9,12-15H2,1-2H3/b11-10+. The quantitative estimate of drug-likeness (QED) is 0.277. The highest BCUT2D eigenvalue weighted by atomic mass is 16.5. The van der Waals surface area contributed by atoms with E-state index in [4.69, 9.17) is 4.74 Å². The zero-order chi connectivity index (χ0) is 13.5. The summed E-state index contributed by atoms with van der Waals surface area (Å²) in [7, 11) is 0. The summed E-state index contributed by atoms with van der Waals surface area (Å²) >= 11 is 0. The lowest BCUT2D eigenvalue weighted by atomic mass is 10.1. The lowest BCUT2D eigenvalue weighted by Gasteiger charge is -1.99. The SMILES string of the molecule is CCCCCCCC/C=C/CCCCOC(C)=O. The summed E-state index contributed by atoms with van der Waals surface area (Å²) in [5.41, 5.74) is 0. The van der Waals surface area contributed by atoms with Crippen LogP contribution in [0.25, 0.3) is 0 Å². The first-order valence-corrected chi connectivity index (χ1v) is 7.55. The molecule has 0 spiro atoms. The smallest absolute Gasteiger partial charge is 0.302 e. The fraction of sp³-hybridized carbons (Fsp3) is 0.812. The van der Waals surface area contributed by atoms with Crippen molar-refractivity contribution in [2.45, 2.75) is 78.1 Å². The van der Waals surface area contributed by atoms with Gasteiger partial charge in [0.15, 0.2) is 0 Å². The fourth-order valence-electron chi connectivity index (χ4n) is 1.86. The fourth-order valence-corrected chi connectivity index (χ4v) is 1.86. The van der Waals surface area contributed by atoms with Crippen molar-refractivity contribution in [3.63, 3.8) is 0 Å². The number of carbonyl (C=O) groups is 1. The molecule has 0 aliphatic rings. The van der Waals surface area contributed by atoms with Gasteiger partial charge in [0.2, 0.25) is 0 Å². The number of hydrogen-bond donors (Lipinski definition) is 0. The van der Waals surface area contributed by atoms with E-state index in [1.54, 1.807) is 0 Å². The van der Waals surface area contributed by atoms with Crippen LogP contribution in [0.3, 0.4) is 0 Å². The molecule has 0 rings (SSSR count). The van der Waals surface area contributed by atoms with Crippen LogP contribution in [0, 0.1) is 0 Å². The molecule has 106 valence electrons. The van der Waals surface area contributed by atoms with Crippen molar-refractivity contribution in [1.82, 2.24) is 0 Å². The van der Waals surface area contributed by atoms with Crippen molar-refractivity contribution < 1.29 is 9.53 Å². The molecular weight excluding hydrogens is 224 g/mol. The Balaban J connectivity index is 3.07. The molecule has 0 aromatic carbocycles. The lowest BCUT2D eigenvalue weighted by molar-refractivity contribution is -0.141. The normalized spacial score (nSPS) is 11.0. The zero-order valence-electron chi connectivity index (χ0n) is 12.2. The minimum atomic E-state index is -0.173. The molecule has 0 aromatic heterocycles. The van der Waals surface area contributed by atoms with Gasteiger partial charge in [-0.3, -0.25) is 4.79 Å². The highest BCUT2D eigenvalue weighted by Gasteiger charge is 1.91. The molecule has 2 nitrogen and oxygen atoms in total. The first-order chi connectivity index (χ1) is 8.77. The molecule has 0 aliphatic carbocycles. The summed E-state index contributed by atoms with van der Waals surface area (Å²) in [5.74, 6) is -0.173. The Morgan fingerprint density at radius 3 is 2.06 bits per heavy atom. The summed E-state index contributed by atoms with van der Waals surface area (Å²) in [6.45, 7) is 4.28. The van der Waals surface area contributed by atoms with Gasteiger partial charge < -0.3 is 4.74 Å². The lowest BCUT2D eigenvalue weighted by Crippen LogP contribution is -1.99. The van der Waals surface area contributed by atoms with Gasteiger partial charge in [0.25, 0.3) is 0 Å². The van der Waals surface area contributed by atoms with Crippen molar-refractivity contribution >= 4 is 5.97 Å². The molecular formula is C16H30O2. The Morgan fingerprint density at radius 2 is 1.44 bits per heavy atom. The molecule has 0 aliphatic heterocycles. The summed E-state index contributed by atoms with van der Waals surface area (Å²) in [5, 5.41) is 0. The molecule has 2 heteroatoms. The Labute approximate surface area is 113 Å². The van der Waals surface area contributed by atoms with Crippen LogP contribution in [-0.4, -0.2) is 12.6 Å². The van der Waals surface area contributed by atoms with Crippen LogP contribution in [0.4, 0.5) is 0 Å². The molecule has 0 saturated carbocycles. The average Bonchev–Trinajstić information content (AvgIpc) is 2.34. The first-order valence-electron chi connectivity index (χ1n) is 7.55. The second-order valence-electron chi connectivity index (χ2n) is 4.86. The third-order valence-corrected chi connectivity index (χ3v) is 2.96.